The van der Waals surface area contributed by atoms with E-state index in [0.717, 1.165) is 36.3 Å². The first kappa shape index (κ1) is 17.5. The standard InChI is InChI=1S/C16H26N6S/c1-5-17-16(19-10-15-21-13(3)14(4)23-15)18-9-12(2)11-22-8-6-7-20-22/h6-8,12H,5,9-11H2,1-4H3,(H2,17,18,19). The Morgan fingerprint density at radius 1 is 1.39 bits per heavy atom. The monoisotopic (exact) mass is 334 g/mol. The highest BCUT2D eigenvalue weighted by Crippen LogP contribution is 2.16. The second-order valence-corrected chi connectivity index (χ2v) is 6.95. The maximum absolute atomic E-state index is 4.63. The molecule has 6 nitrogen and oxygen atoms in total. The average molecular weight is 334 g/mol. The van der Waals surface area contributed by atoms with Gasteiger partial charge in [-0.2, -0.15) is 5.10 Å². The minimum absolute atomic E-state index is 0.461. The van der Waals surface area contributed by atoms with Crippen LogP contribution in [0.15, 0.2) is 23.5 Å². The van der Waals surface area contributed by atoms with E-state index in [2.05, 4.69) is 46.5 Å². The van der Waals surface area contributed by atoms with Crippen molar-refractivity contribution < 1.29 is 0 Å². The van der Waals surface area contributed by atoms with Crippen molar-refractivity contribution in [2.75, 3.05) is 13.1 Å². The van der Waals surface area contributed by atoms with Gasteiger partial charge in [-0.3, -0.25) is 4.68 Å². The summed E-state index contributed by atoms with van der Waals surface area (Å²) in [6, 6.07) is 1.95. The summed E-state index contributed by atoms with van der Waals surface area (Å²) in [5, 5.41) is 12.0. The molecule has 7 heteroatoms. The van der Waals surface area contributed by atoms with E-state index in [1.165, 1.54) is 4.88 Å². The van der Waals surface area contributed by atoms with Gasteiger partial charge >= 0.3 is 0 Å². The molecule has 2 aromatic rings. The van der Waals surface area contributed by atoms with Gasteiger partial charge in [-0.1, -0.05) is 6.92 Å². The van der Waals surface area contributed by atoms with Gasteiger partial charge in [0.25, 0.3) is 0 Å². The van der Waals surface area contributed by atoms with E-state index in [4.69, 9.17) is 0 Å². The normalized spacial score (nSPS) is 13.1. The first-order valence-electron chi connectivity index (χ1n) is 8.01. The van der Waals surface area contributed by atoms with Crippen LogP contribution in [0.2, 0.25) is 0 Å². The van der Waals surface area contributed by atoms with Gasteiger partial charge in [0.2, 0.25) is 0 Å². The number of guanidine groups is 1. The van der Waals surface area contributed by atoms with E-state index in [9.17, 15) is 0 Å². The van der Waals surface area contributed by atoms with Crippen LogP contribution >= 0.6 is 11.3 Å². The molecule has 23 heavy (non-hydrogen) atoms. The third-order valence-electron chi connectivity index (χ3n) is 3.47. The second-order valence-electron chi connectivity index (χ2n) is 5.66. The Morgan fingerprint density at radius 3 is 2.83 bits per heavy atom. The number of nitrogens with one attached hydrogen (secondary N) is 2. The number of aliphatic imine (C=N–C) groups is 1. The van der Waals surface area contributed by atoms with Gasteiger partial charge < -0.3 is 10.6 Å². The number of aromatic nitrogens is 3. The first-order chi connectivity index (χ1) is 11.1. The van der Waals surface area contributed by atoms with Crippen LogP contribution in [0.5, 0.6) is 0 Å². The highest BCUT2D eigenvalue weighted by molar-refractivity contribution is 7.11. The summed E-state index contributed by atoms with van der Waals surface area (Å²) in [7, 11) is 0. The Bertz CT molecular complexity index is 597. The maximum Gasteiger partial charge on any atom is 0.191 e. The molecule has 0 saturated heterocycles. The predicted octanol–water partition coefficient (Wildman–Crippen LogP) is 2.35. The van der Waals surface area contributed by atoms with Crippen molar-refractivity contribution in [1.82, 2.24) is 25.4 Å². The number of rotatable bonds is 7. The minimum atomic E-state index is 0.461. The quantitative estimate of drug-likeness (QED) is 0.602. The molecule has 0 aliphatic carbocycles. The molecule has 0 amide bonds. The fourth-order valence-electron chi connectivity index (χ4n) is 2.16. The molecule has 0 aliphatic heterocycles. The topological polar surface area (TPSA) is 67.1 Å². The lowest BCUT2D eigenvalue weighted by Crippen LogP contribution is -2.40. The van der Waals surface area contributed by atoms with Crippen LogP contribution in [-0.4, -0.2) is 33.8 Å². The first-order valence-corrected chi connectivity index (χ1v) is 8.82. The molecule has 0 saturated carbocycles. The summed E-state index contributed by atoms with van der Waals surface area (Å²) in [4.78, 5) is 10.4. The molecule has 0 aromatic carbocycles. The molecule has 126 valence electrons. The van der Waals surface area contributed by atoms with Crippen molar-refractivity contribution in [1.29, 1.82) is 0 Å². The lowest BCUT2D eigenvalue weighted by atomic mass is 10.2. The van der Waals surface area contributed by atoms with Gasteiger partial charge in [0, 0.05) is 36.9 Å². The van der Waals surface area contributed by atoms with Crippen LogP contribution in [0.4, 0.5) is 0 Å². The molecule has 0 radical (unpaired) electrons. The van der Waals surface area contributed by atoms with Gasteiger partial charge in [0.05, 0.1) is 12.2 Å². The van der Waals surface area contributed by atoms with Crippen LogP contribution in [-0.2, 0) is 13.1 Å². The molecule has 2 rings (SSSR count). The Balaban J connectivity index is 1.85. The van der Waals surface area contributed by atoms with E-state index in [1.807, 2.05) is 30.1 Å². The maximum atomic E-state index is 4.63. The number of hydrogen-bond donors (Lipinski definition) is 2. The van der Waals surface area contributed by atoms with Crippen LogP contribution in [0.1, 0.15) is 29.4 Å². The van der Waals surface area contributed by atoms with Gasteiger partial charge in [-0.15, -0.1) is 11.3 Å². The van der Waals surface area contributed by atoms with Gasteiger partial charge in [0.1, 0.15) is 5.01 Å². The summed E-state index contributed by atoms with van der Waals surface area (Å²) in [5.41, 5.74) is 1.10. The van der Waals surface area contributed by atoms with Crippen molar-refractivity contribution in [3.05, 3.63) is 34.0 Å². The third-order valence-corrected chi connectivity index (χ3v) is 4.52. The van der Waals surface area contributed by atoms with Crippen LogP contribution in [0.25, 0.3) is 0 Å². The lowest BCUT2D eigenvalue weighted by molar-refractivity contribution is 0.443. The Hall–Kier alpha value is -1.89. The molecule has 2 heterocycles. The zero-order valence-electron chi connectivity index (χ0n) is 14.3. The largest absolute Gasteiger partial charge is 0.357 e. The SMILES string of the molecule is CCNC(=NCc1nc(C)c(C)s1)NCC(C)Cn1cccn1. The summed E-state index contributed by atoms with van der Waals surface area (Å²) < 4.78 is 1.96. The Morgan fingerprint density at radius 2 is 2.22 bits per heavy atom. The molecule has 0 fully saturated rings. The molecular formula is C16H26N6S. The molecule has 0 spiro atoms. The smallest absolute Gasteiger partial charge is 0.191 e. The highest BCUT2D eigenvalue weighted by atomic mass is 32.1. The Kier molecular flexibility index (Phi) is 6.58. The molecule has 0 bridgehead atoms. The predicted molar refractivity (Wildman–Crippen MR) is 95.8 cm³/mol. The molecule has 0 aliphatic rings. The van der Waals surface area contributed by atoms with Crippen molar-refractivity contribution in [2.24, 2.45) is 10.9 Å². The Labute approximate surface area is 142 Å². The minimum Gasteiger partial charge on any atom is -0.357 e. The fourth-order valence-corrected chi connectivity index (χ4v) is 3.02. The zero-order chi connectivity index (χ0) is 16.7. The highest BCUT2D eigenvalue weighted by Gasteiger charge is 2.06. The number of nitrogens with zero attached hydrogens (tertiary/aromatic N) is 4. The van der Waals surface area contributed by atoms with Gasteiger partial charge in [-0.25, -0.2) is 9.98 Å². The van der Waals surface area contributed by atoms with Crippen LogP contribution < -0.4 is 10.6 Å². The van der Waals surface area contributed by atoms with E-state index in [1.54, 1.807) is 11.3 Å². The summed E-state index contributed by atoms with van der Waals surface area (Å²) in [5.74, 6) is 1.30. The fraction of sp³-hybridized carbons (Fsp3) is 0.562. The number of hydrogen-bond acceptors (Lipinski definition) is 4. The van der Waals surface area contributed by atoms with E-state index >= 15 is 0 Å². The van der Waals surface area contributed by atoms with Crippen molar-refractivity contribution in [3.63, 3.8) is 0 Å². The van der Waals surface area contributed by atoms with Crippen molar-refractivity contribution >= 4 is 17.3 Å². The summed E-state index contributed by atoms with van der Waals surface area (Å²) in [6.07, 6.45) is 3.80. The van der Waals surface area contributed by atoms with E-state index in [-0.39, 0.29) is 0 Å². The second kappa shape index (κ2) is 8.67. The molecule has 1 atom stereocenters. The van der Waals surface area contributed by atoms with Crippen molar-refractivity contribution in [3.8, 4) is 0 Å². The summed E-state index contributed by atoms with van der Waals surface area (Å²) >= 11 is 1.72. The van der Waals surface area contributed by atoms with Crippen LogP contribution in [0.3, 0.4) is 0 Å². The van der Waals surface area contributed by atoms with E-state index < -0.39 is 0 Å². The molecular weight excluding hydrogens is 308 g/mol. The summed E-state index contributed by atoms with van der Waals surface area (Å²) in [6.45, 7) is 11.6. The van der Waals surface area contributed by atoms with Crippen LogP contribution in [0, 0.1) is 19.8 Å². The molecule has 2 aromatic heterocycles. The van der Waals surface area contributed by atoms with E-state index in [0.29, 0.717) is 12.5 Å². The number of aryl methyl sites for hydroxylation is 2. The van der Waals surface area contributed by atoms with Crippen molar-refractivity contribution in [2.45, 2.75) is 40.8 Å². The average Bonchev–Trinajstić information content (AvgIpc) is 3.12. The third kappa shape index (κ3) is 5.67. The van der Waals surface area contributed by atoms with Gasteiger partial charge in [0.15, 0.2) is 5.96 Å². The number of thiazole rings is 1. The van der Waals surface area contributed by atoms with Gasteiger partial charge in [-0.05, 0) is 32.8 Å². The molecule has 1 unspecified atom stereocenters. The zero-order valence-corrected chi connectivity index (χ0v) is 15.2. The molecule has 2 N–H and O–H groups in total. The lowest BCUT2D eigenvalue weighted by Gasteiger charge is -2.15.